The molecular weight excluding hydrogens is 227 g/mol. The summed E-state index contributed by atoms with van der Waals surface area (Å²) >= 11 is 0. The van der Waals surface area contributed by atoms with Crippen molar-refractivity contribution in [2.75, 3.05) is 0 Å². The molecule has 0 amide bonds. The molecule has 0 atom stereocenters. The van der Waals surface area contributed by atoms with Gasteiger partial charge in [0.25, 0.3) is 0 Å². The second-order valence-electron chi connectivity index (χ2n) is 4.65. The summed E-state index contributed by atoms with van der Waals surface area (Å²) in [5.41, 5.74) is 6.59. The SMILES string of the molecule is C1=C2CCC(=C1)C2.C1=C2CCC(=C1)C2.[Ni]. The Morgan fingerprint density at radius 3 is 0.867 bits per heavy atom. The molecule has 4 aliphatic rings. The summed E-state index contributed by atoms with van der Waals surface area (Å²) in [6, 6.07) is 0. The standard InChI is InChI=1S/2C7H8.Ni/c2*1-2-7-4-3-6(1)5-7;/h2*1-2H,3-5H2;. The second kappa shape index (κ2) is 4.53. The Morgan fingerprint density at radius 2 is 0.800 bits per heavy atom. The van der Waals surface area contributed by atoms with Crippen molar-refractivity contribution in [2.45, 2.75) is 38.5 Å². The van der Waals surface area contributed by atoms with E-state index in [1.165, 1.54) is 38.5 Å². The number of hydrogen-bond acceptors (Lipinski definition) is 0. The summed E-state index contributed by atoms with van der Waals surface area (Å²) in [6.45, 7) is 0. The van der Waals surface area contributed by atoms with Crippen LogP contribution < -0.4 is 0 Å². The number of rotatable bonds is 0. The van der Waals surface area contributed by atoms with Gasteiger partial charge in [-0.05, 0) is 38.5 Å². The molecule has 4 bridgehead atoms. The number of allylic oxidation sites excluding steroid dienone is 8. The molecule has 0 heterocycles. The Hall–Kier alpha value is -0.546. The topological polar surface area (TPSA) is 0 Å². The molecule has 0 aromatic rings. The summed E-state index contributed by atoms with van der Waals surface area (Å²) in [4.78, 5) is 0. The normalized spacial score (nSPS) is 23.5. The van der Waals surface area contributed by atoms with Crippen molar-refractivity contribution in [3.05, 3.63) is 46.6 Å². The molecule has 4 aliphatic carbocycles. The van der Waals surface area contributed by atoms with Crippen LogP contribution in [0.25, 0.3) is 0 Å². The molecule has 0 saturated heterocycles. The predicted octanol–water partition coefficient (Wildman–Crippen LogP) is 4.07. The first-order chi connectivity index (χ1) is 6.90. The number of fused-ring (bicyclic) bond motifs is 4. The summed E-state index contributed by atoms with van der Waals surface area (Å²) < 4.78 is 0. The van der Waals surface area contributed by atoms with Gasteiger partial charge in [0.15, 0.2) is 0 Å². The van der Waals surface area contributed by atoms with Crippen LogP contribution in [0.15, 0.2) is 46.6 Å². The van der Waals surface area contributed by atoms with Crippen molar-refractivity contribution >= 4 is 0 Å². The molecule has 0 aromatic carbocycles. The minimum atomic E-state index is 0. The first-order valence-electron chi connectivity index (χ1n) is 5.65. The van der Waals surface area contributed by atoms with Crippen LogP contribution in [0.1, 0.15) is 38.5 Å². The van der Waals surface area contributed by atoms with Gasteiger partial charge >= 0.3 is 0 Å². The van der Waals surface area contributed by atoms with E-state index >= 15 is 0 Å². The van der Waals surface area contributed by atoms with E-state index in [-0.39, 0.29) is 16.5 Å². The van der Waals surface area contributed by atoms with E-state index in [9.17, 15) is 0 Å². The van der Waals surface area contributed by atoms with Gasteiger partial charge in [-0.2, -0.15) is 0 Å². The Bertz CT molecular complexity index is 306. The van der Waals surface area contributed by atoms with Crippen LogP contribution in [0.5, 0.6) is 0 Å². The van der Waals surface area contributed by atoms with Gasteiger partial charge in [-0.15, -0.1) is 0 Å². The Kier molecular flexibility index (Phi) is 3.31. The maximum absolute atomic E-state index is 2.26. The molecular formula is C14H16Ni. The van der Waals surface area contributed by atoms with E-state index in [0.717, 1.165) is 0 Å². The van der Waals surface area contributed by atoms with Crippen molar-refractivity contribution < 1.29 is 16.5 Å². The van der Waals surface area contributed by atoms with Crippen molar-refractivity contribution in [3.8, 4) is 0 Å². The smallest absolute Gasteiger partial charge is 0 e. The zero-order valence-electron chi connectivity index (χ0n) is 8.87. The van der Waals surface area contributed by atoms with Crippen LogP contribution in [0.4, 0.5) is 0 Å². The van der Waals surface area contributed by atoms with E-state index in [1.54, 1.807) is 22.3 Å². The van der Waals surface area contributed by atoms with E-state index in [4.69, 9.17) is 0 Å². The minimum absolute atomic E-state index is 0. The number of hydrogen-bond donors (Lipinski definition) is 0. The van der Waals surface area contributed by atoms with Crippen LogP contribution in [0, 0.1) is 0 Å². The van der Waals surface area contributed by atoms with Gasteiger partial charge in [0, 0.05) is 16.5 Å². The first-order valence-corrected chi connectivity index (χ1v) is 5.65. The molecule has 82 valence electrons. The molecule has 4 rings (SSSR count). The molecule has 0 aromatic heterocycles. The van der Waals surface area contributed by atoms with Gasteiger partial charge < -0.3 is 0 Å². The second-order valence-corrected chi connectivity index (χ2v) is 4.65. The molecule has 0 spiro atoms. The molecule has 2 saturated carbocycles. The monoisotopic (exact) mass is 242 g/mol. The summed E-state index contributed by atoms with van der Waals surface area (Å²) in [6.07, 6.45) is 17.1. The van der Waals surface area contributed by atoms with Crippen molar-refractivity contribution in [1.29, 1.82) is 0 Å². The van der Waals surface area contributed by atoms with Crippen molar-refractivity contribution in [3.63, 3.8) is 0 Å². The van der Waals surface area contributed by atoms with Gasteiger partial charge in [-0.1, -0.05) is 46.6 Å². The van der Waals surface area contributed by atoms with Crippen LogP contribution in [0.2, 0.25) is 0 Å². The molecule has 15 heavy (non-hydrogen) atoms. The Morgan fingerprint density at radius 1 is 0.533 bits per heavy atom. The summed E-state index contributed by atoms with van der Waals surface area (Å²) in [7, 11) is 0. The summed E-state index contributed by atoms with van der Waals surface area (Å²) in [5.74, 6) is 0. The quantitative estimate of drug-likeness (QED) is 0.562. The van der Waals surface area contributed by atoms with E-state index in [1.807, 2.05) is 0 Å². The Balaban J connectivity index is 0.000000107. The van der Waals surface area contributed by atoms with Crippen LogP contribution in [0.3, 0.4) is 0 Å². The fourth-order valence-electron chi connectivity index (χ4n) is 2.62. The van der Waals surface area contributed by atoms with Gasteiger partial charge in [-0.3, -0.25) is 0 Å². The minimum Gasteiger partial charge on any atom is -0.0658 e. The largest absolute Gasteiger partial charge is 0.0658 e. The third-order valence-electron chi connectivity index (χ3n) is 3.55. The fraction of sp³-hybridized carbons (Fsp3) is 0.429. The van der Waals surface area contributed by atoms with Crippen LogP contribution in [-0.4, -0.2) is 0 Å². The van der Waals surface area contributed by atoms with Crippen LogP contribution in [-0.2, 0) is 16.5 Å². The third kappa shape index (κ3) is 2.34. The van der Waals surface area contributed by atoms with Gasteiger partial charge in [0.2, 0.25) is 0 Å². The molecule has 0 N–H and O–H groups in total. The van der Waals surface area contributed by atoms with Crippen LogP contribution >= 0.6 is 0 Å². The predicted molar refractivity (Wildman–Crippen MR) is 60.0 cm³/mol. The van der Waals surface area contributed by atoms with Gasteiger partial charge in [0.05, 0.1) is 0 Å². The van der Waals surface area contributed by atoms with Crippen molar-refractivity contribution in [2.24, 2.45) is 0 Å². The van der Waals surface area contributed by atoms with Crippen molar-refractivity contribution in [1.82, 2.24) is 0 Å². The molecule has 0 nitrogen and oxygen atoms in total. The van der Waals surface area contributed by atoms with Gasteiger partial charge in [0.1, 0.15) is 0 Å². The average Bonchev–Trinajstić information content (AvgIpc) is 3.01. The zero-order chi connectivity index (χ0) is 9.38. The Labute approximate surface area is 102 Å². The molecule has 2 fully saturated rings. The summed E-state index contributed by atoms with van der Waals surface area (Å²) in [5, 5.41) is 0. The van der Waals surface area contributed by atoms with E-state index < -0.39 is 0 Å². The van der Waals surface area contributed by atoms with Gasteiger partial charge in [-0.25, -0.2) is 0 Å². The molecule has 1 heteroatoms. The molecule has 0 unspecified atom stereocenters. The third-order valence-corrected chi connectivity index (χ3v) is 3.55. The first kappa shape index (κ1) is 11.0. The molecule has 0 aliphatic heterocycles. The average molecular weight is 243 g/mol. The van der Waals surface area contributed by atoms with E-state index in [2.05, 4.69) is 24.3 Å². The zero-order valence-corrected chi connectivity index (χ0v) is 9.86. The fourth-order valence-corrected chi connectivity index (χ4v) is 2.62. The maximum atomic E-state index is 2.26. The maximum Gasteiger partial charge on any atom is 0 e. The van der Waals surface area contributed by atoms with E-state index in [0.29, 0.717) is 0 Å². The molecule has 0 radical (unpaired) electrons.